The number of hydrogen-bond donors (Lipinski definition) is 0. The van der Waals surface area contributed by atoms with Gasteiger partial charge in [-0.05, 0) is 49.1 Å². The third kappa shape index (κ3) is 4.34. The fraction of sp³-hybridized carbons (Fsp3) is 0.321. The van der Waals surface area contributed by atoms with Crippen molar-refractivity contribution < 1.29 is 4.42 Å². The van der Waals surface area contributed by atoms with E-state index in [0.29, 0.717) is 30.8 Å². The Morgan fingerprint density at radius 3 is 2.57 bits per heavy atom. The Morgan fingerprint density at radius 1 is 0.971 bits per heavy atom. The van der Waals surface area contributed by atoms with Gasteiger partial charge < -0.3 is 4.42 Å². The molecule has 0 saturated heterocycles. The topological polar surface area (TPSA) is 70.8 Å². The van der Waals surface area contributed by atoms with Crippen molar-refractivity contribution in [3.8, 4) is 0 Å². The van der Waals surface area contributed by atoms with Crippen molar-refractivity contribution in [2.75, 3.05) is 0 Å². The Labute approximate surface area is 203 Å². The lowest BCUT2D eigenvalue weighted by molar-refractivity contribution is 0.315. The number of nitrogens with zero attached hydrogens (tertiary/aromatic N) is 5. The maximum Gasteiger partial charge on any atom is 0.274 e. The highest BCUT2D eigenvalue weighted by Gasteiger charge is 2.25. The Balaban J connectivity index is 1.43. The number of furan rings is 1. The van der Waals surface area contributed by atoms with Gasteiger partial charge in [0.2, 0.25) is 0 Å². The summed E-state index contributed by atoms with van der Waals surface area (Å²) >= 11 is 0. The van der Waals surface area contributed by atoms with Crippen LogP contribution in [0.1, 0.15) is 54.7 Å². The third-order valence-electron chi connectivity index (χ3n) is 7.15. The van der Waals surface area contributed by atoms with E-state index in [9.17, 15) is 4.79 Å². The molecule has 2 aromatic carbocycles. The number of fused-ring (bicyclic) bond motifs is 1. The highest BCUT2D eigenvalue weighted by molar-refractivity contribution is 5.78. The van der Waals surface area contributed by atoms with Crippen molar-refractivity contribution in [3.05, 3.63) is 107 Å². The Kier molecular flexibility index (Phi) is 5.82. The van der Waals surface area contributed by atoms with E-state index in [2.05, 4.69) is 33.3 Å². The normalized spacial score (nSPS) is 15.2. The van der Waals surface area contributed by atoms with Crippen LogP contribution in [0.4, 0.5) is 0 Å². The smallest absolute Gasteiger partial charge is 0.274 e. The van der Waals surface area contributed by atoms with Crippen LogP contribution in [0.2, 0.25) is 0 Å². The molecule has 1 aliphatic rings. The fourth-order valence-corrected chi connectivity index (χ4v) is 5.44. The van der Waals surface area contributed by atoms with Gasteiger partial charge in [-0.2, -0.15) is 0 Å². The van der Waals surface area contributed by atoms with Crippen molar-refractivity contribution in [2.24, 2.45) is 0 Å². The van der Waals surface area contributed by atoms with E-state index in [1.807, 2.05) is 64.0 Å². The van der Waals surface area contributed by atoms with Crippen LogP contribution in [0.3, 0.4) is 0 Å². The number of rotatable bonds is 8. The van der Waals surface area contributed by atoms with E-state index in [1.54, 1.807) is 6.26 Å². The number of benzene rings is 2. The van der Waals surface area contributed by atoms with Crippen molar-refractivity contribution in [1.29, 1.82) is 0 Å². The van der Waals surface area contributed by atoms with Crippen LogP contribution in [0.25, 0.3) is 10.9 Å². The minimum atomic E-state index is -0.148. The second-order valence-corrected chi connectivity index (χ2v) is 9.49. The Bertz CT molecular complexity index is 1460. The lowest BCUT2D eigenvalue weighted by atomic mass is 10.0. The summed E-state index contributed by atoms with van der Waals surface area (Å²) in [5, 5.41) is 9.69. The van der Waals surface area contributed by atoms with Crippen LogP contribution in [0.15, 0.2) is 88.4 Å². The molecular weight excluding hydrogens is 438 g/mol. The molecular formula is C28H29N5O2. The molecule has 1 saturated carbocycles. The van der Waals surface area contributed by atoms with E-state index in [4.69, 9.17) is 4.42 Å². The minimum Gasteiger partial charge on any atom is -0.467 e. The van der Waals surface area contributed by atoms with Gasteiger partial charge >= 0.3 is 0 Å². The van der Waals surface area contributed by atoms with Gasteiger partial charge in [0, 0.05) is 12.1 Å². The Morgan fingerprint density at radius 2 is 1.77 bits per heavy atom. The van der Waals surface area contributed by atoms with Crippen LogP contribution in [0, 0.1) is 0 Å². The SMILES string of the molecule is O=c1c2ccccc2n(Cc2ccco2)n1[C@@H](Cc1ccccc1)Cn1cc(C2CCCC2)nn1. The van der Waals surface area contributed by atoms with Gasteiger partial charge in [-0.1, -0.05) is 60.5 Å². The predicted molar refractivity (Wildman–Crippen MR) is 134 cm³/mol. The van der Waals surface area contributed by atoms with Crippen LogP contribution in [-0.4, -0.2) is 24.4 Å². The molecule has 3 aromatic heterocycles. The summed E-state index contributed by atoms with van der Waals surface area (Å²) in [6.07, 6.45) is 9.34. The standard InChI is InChI=1S/C28H29N5O2/c34-28-25-14-6-7-15-27(25)32(19-24-13-8-16-35-24)33(28)23(17-21-9-2-1-3-10-21)18-31-20-26(29-30-31)22-11-4-5-12-22/h1-3,6-10,13-16,20,22-23H,4-5,11-12,17-19H2/t23-/m0/s1. The van der Waals surface area contributed by atoms with E-state index >= 15 is 0 Å². The number of para-hydroxylation sites is 1. The predicted octanol–water partition coefficient (Wildman–Crippen LogP) is 5.18. The molecule has 178 valence electrons. The van der Waals surface area contributed by atoms with Crippen molar-refractivity contribution in [2.45, 2.75) is 57.2 Å². The minimum absolute atomic E-state index is 0.00391. The second-order valence-electron chi connectivity index (χ2n) is 9.49. The van der Waals surface area contributed by atoms with Crippen LogP contribution in [-0.2, 0) is 19.5 Å². The summed E-state index contributed by atoms with van der Waals surface area (Å²) in [6, 6.07) is 21.8. The highest BCUT2D eigenvalue weighted by Crippen LogP contribution is 2.32. The molecule has 0 unspecified atom stereocenters. The van der Waals surface area contributed by atoms with Gasteiger partial charge in [0.1, 0.15) is 5.76 Å². The van der Waals surface area contributed by atoms with Crippen LogP contribution < -0.4 is 5.56 Å². The molecule has 6 rings (SSSR count). The first-order valence-corrected chi connectivity index (χ1v) is 12.4. The van der Waals surface area contributed by atoms with E-state index in [0.717, 1.165) is 17.0 Å². The zero-order chi connectivity index (χ0) is 23.6. The average molecular weight is 468 g/mol. The van der Waals surface area contributed by atoms with Crippen LogP contribution in [0.5, 0.6) is 0 Å². The van der Waals surface area contributed by atoms with Crippen molar-refractivity contribution in [1.82, 2.24) is 24.4 Å². The molecule has 5 aromatic rings. The second kappa shape index (κ2) is 9.41. The van der Waals surface area contributed by atoms with E-state index in [-0.39, 0.29) is 11.6 Å². The summed E-state index contributed by atoms with van der Waals surface area (Å²) in [5.41, 5.74) is 3.15. The molecule has 0 aliphatic heterocycles. The maximum atomic E-state index is 13.8. The Hall–Kier alpha value is -3.87. The van der Waals surface area contributed by atoms with Gasteiger partial charge in [-0.3, -0.25) is 14.2 Å². The number of hydrogen-bond acceptors (Lipinski definition) is 4. The molecule has 1 fully saturated rings. The highest BCUT2D eigenvalue weighted by atomic mass is 16.3. The van der Waals surface area contributed by atoms with Gasteiger partial charge in [0.05, 0.1) is 42.0 Å². The summed E-state index contributed by atoms with van der Waals surface area (Å²) < 4.78 is 11.5. The molecule has 0 radical (unpaired) electrons. The third-order valence-corrected chi connectivity index (χ3v) is 7.15. The summed E-state index contributed by atoms with van der Waals surface area (Å²) in [6.45, 7) is 1.04. The first-order chi connectivity index (χ1) is 17.3. The zero-order valence-electron chi connectivity index (χ0n) is 19.7. The average Bonchev–Trinajstić information content (AvgIpc) is 3.69. The molecule has 0 bridgehead atoms. The largest absolute Gasteiger partial charge is 0.467 e. The van der Waals surface area contributed by atoms with Crippen molar-refractivity contribution >= 4 is 10.9 Å². The molecule has 0 N–H and O–H groups in total. The van der Waals surface area contributed by atoms with E-state index in [1.165, 1.54) is 31.2 Å². The van der Waals surface area contributed by atoms with Gasteiger partial charge in [0.15, 0.2) is 0 Å². The fourth-order valence-electron chi connectivity index (χ4n) is 5.44. The summed E-state index contributed by atoms with van der Waals surface area (Å²) in [7, 11) is 0. The van der Waals surface area contributed by atoms with E-state index < -0.39 is 0 Å². The zero-order valence-corrected chi connectivity index (χ0v) is 19.7. The van der Waals surface area contributed by atoms with Crippen molar-refractivity contribution in [3.63, 3.8) is 0 Å². The maximum absolute atomic E-state index is 13.8. The molecule has 1 aliphatic carbocycles. The molecule has 0 spiro atoms. The number of aromatic nitrogens is 5. The lowest BCUT2D eigenvalue weighted by Crippen LogP contribution is -2.32. The molecule has 0 amide bonds. The molecule has 7 heteroatoms. The summed E-state index contributed by atoms with van der Waals surface area (Å²) in [5.74, 6) is 1.31. The molecule has 1 atom stereocenters. The quantitative estimate of drug-likeness (QED) is 0.315. The van der Waals surface area contributed by atoms with Gasteiger partial charge in [-0.15, -0.1) is 5.10 Å². The van der Waals surface area contributed by atoms with Crippen LogP contribution >= 0.6 is 0 Å². The molecule has 35 heavy (non-hydrogen) atoms. The van der Waals surface area contributed by atoms with Gasteiger partial charge in [0.25, 0.3) is 5.56 Å². The first-order valence-electron chi connectivity index (χ1n) is 12.4. The summed E-state index contributed by atoms with van der Waals surface area (Å²) in [4.78, 5) is 13.8. The molecule has 3 heterocycles. The first kappa shape index (κ1) is 21.6. The van der Waals surface area contributed by atoms with Gasteiger partial charge in [-0.25, -0.2) is 4.68 Å². The molecule has 7 nitrogen and oxygen atoms in total. The monoisotopic (exact) mass is 467 g/mol. The lowest BCUT2D eigenvalue weighted by Gasteiger charge is -2.22.